The van der Waals surface area contributed by atoms with Crippen molar-refractivity contribution in [1.29, 1.82) is 0 Å². The minimum atomic E-state index is 0.573. The lowest BCUT2D eigenvalue weighted by Crippen LogP contribution is -2.31. The van der Waals surface area contributed by atoms with Gasteiger partial charge in [0.25, 0.3) is 0 Å². The lowest BCUT2D eigenvalue weighted by Gasteiger charge is -2.28. The van der Waals surface area contributed by atoms with E-state index < -0.39 is 0 Å². The SMILES string of the molecule is C=C(Nc1cc2cc(-c3cnc(N)s3)ccc2cn1)c1ccnc(SC2CCN(C)CC2)c1. The van der Waals surface area contributed by atoms with Crippen molar-refractivity contribution in [3.8, 4) is 10.4 Å². The van der Waals surface area contributed by atoms with E-state index in [2.05, 4.69) is 63.1 Å². The average molecular weight is 475 g/mol. The van der Waals surface area contributed by atoms with Crippen LogP contribution in [0.2, 0.25) is 0 Å². The van der Waals surface area contributed by atoms with E-state index >= 15 is 0 Å². The largest absolute Gasteiger partial charge is 0.375 e. The van der Waals surface area contributed by atoms with E-state index in [0.717, 1.165) is 56.4 Å². The van der Waals surface area contributed by atoms with Crippen LogP contribution in [-0.2, 0) is 0 Å². The molecule has 3 N–H and O–H groups in total. The fraction of sp³-hybridized carbons (Fsp3) is 0.240. The van der Waals surface area contributed by atoms with Crippen LogP contribution in [0.15, 0.2) is 66.6 Å². The number of benzene rings is 1. The minimum Gasteiger partial charge on any atom is -0.375 e. The van der Waals surface area contributed by atoms with Crippen molar-refractivity contribution in [2.75, 3.05) is 31.2 Å². The van der Waals surface area contributed by atoms with Crippen molar-refractivity contribution in [2.45, 2.75) is 23.1 Å². The number of anilines is 2. The van der Waals surface area contributed by atoms with Gasteiger partial charge < -0.3 is 16.0 Å². The summed E-state index contributed by atoms with van der Waals surface area (Å²) in [6, 6.07) is 12.4. The summed E-state index contributed by atoms with van der Waals surface area (Å²) in [5, 5.41) is 7.78. The van der Waals surface area contributed by atoms with Gasteiger partial charge in [0.1, 0.15) is 5.82 Å². The number of hydrogen-bond acceptors (Lipinski definition) is 8. The van der Waals surface area contributed by atoms with Gasteiger partial charge in [-0.05, 0) is 68.2 Å². The molecule has 1 saturated heterocycles. The van der Waals surface area contributed by atoms with Crippen LogP contribution in [0, 0.1) is 0 Å². The van der Waals surface area contributed by atoms with Gasteiger partial charge in [0.15, 0.2) is 5.13 Å². The van der Waals surface area contributed by atoms with Crippen molar-refractivity contribution in [2.24, 2.45) is 0 Å². The number of hydrogen-bond donors (Lipinski definition) is 2. The van der Waals surface area contributed by atoms with Gasteiger partial charge >= 0.3 is 0 Å². The third-order valence-corrected chi connectivity index (χ3v) is 7.99. The lowest BCUT2D eigenvalue weighted by atomic mass is 10.1. The molecule has 8 heteroatoms. The normalized spacial score (nSPS) is 15.1. The third-order valence-electron chi connectivity index (χ3n) is 5.85. The first-order valence-electron chi connectivity index (χ1n) is 10.9. The van der Waals surface area contributed by atoms with Crippen molar-refractivity contribution in [1.82, 2.24) is 19.9 Å². The molecule has 0 unspecified atom stereocenters. The second-order valence-electron chi connectivity index (χ2n) is 8.30. The van der Waals surface area contributed by atoms with Crippen LogP contribution in [-0.4, -0.2) is 45.2 Å². The maximum atomic E-state index is 5.80. The summed E-state index contributed by atoms with van der Waals surface area (Å²) in [6.45, 7) is 6.55. The number of nitrogens with zero attached hydrogens (tertiary/aromatic N) is 4. The summed E-state index contributed by atoms with van der Waals surface area (Å²) in [6.07, 6.45) is 7.95. The molecule has 4 aromatic rings. The van der Waals surface area contributed by atoms with Gasteiger partial charge in [0, 0.05) is 40.5 Å². The van der Waals surface area contributed by atoms with Crippen LogP contribution in [0.25, 0.3) is 26.9 Å². The van der Waals surface area contributed by atoms with Crippen molar-refractivity contribution < 1.29 is 0 Å². The topological polar surface area (TPSA) is 80.0 Å². The number of thioether (sulfide) groups is 1. The molecule has 1 fully saturated rings. The van der Waals surface area contributed by atoms with Gasteiger partial charge in [-0.3, -0.25) is 0 Å². The molecule has 168 valence electrons. The molecule has 0 atom stereocenters. The summed E-state index contributed by atoms with van der Waals surface area (Å²) >= 11 is 3.36. The Morgan fingerprint density at radius 2 is 1.94 bits per heavy atom. The van der Waals surface area contributed by atoms with Gasteiger partial charge in [0.2, 0.25) is 0 Å². The van der Waals surface area contributed by atoms with E-state index in [-0.39, 0.29) is 0 Å². The summed E-state index contributed by atoms with van der Waals surface area (Å²) in [7, 11) is 2.19. The van der Waals surface area contributed by atoms with Crippen LogP contribution >= 0.6 is 23.1 Å². The molecule has 1 aliphatic rings. The standard InChI is InChI=1S/C25H26N6S2/c1-16(17-5-8-27-24(13-17)32-21-6-9-31(2)10-7-21)30-23-12-20-11-18(3-4-19(20)14-28-23)22-15-29-25(26)33-22/h3-5,8,11-15,21H,1,6-7,9-10H2,2H3,(H2,26,29)(H,28,30). The highest BCUT2D eigenvalue weighted by molar-refractivity contribution is 7.99. The average Bonchev–Trinajstić information content (AvgIpc) is 3.26. The molecule has 1 aromatic carbocycles. The fourth-order valence-electron chi connectivity index (χ4n) is 3.95. The zero-order valence-corrected chi connectivity index (χ0v) is 20.1. The Morgan fingerprint density at radius 1 is 1.09 bits per heavy atom. The Labute approximate surface area is 202 Å². The number of thiazole rings is 1. The summed E-state index contributed by atoms with van der Waals surface area (Å²) in [5.41, 5.74) is 8.73. The number of nitrogens with one attached hydrogen (secondary N) is 1. The Kier molecular flexibility index (Phi) is 6.30. The Bertz CT molecular complexity index is 1290. The number of piperidine rings is 1. The van der Waals surface area contributed by atoms with Crippen molar-refractivity contribution >= 4 is 50.5 Å². The number of rotatable bonds is 6. The molecule has 0 radical (unpaired) electrons. The molecule has 5 rings (SSSR count). The zero-order chi connectivity index (χ0) is 22.8. The molecule has 0 aliphatic carbocycles. The van der Waals surface area contributed by atoms with Crippen LogP contribution in [0.4, 0.5) is 10.9 Å². The van der Waals surface area contributed by atoms with Gasteiger partial charge in [0.05, 0.1) is 9.90 Å². The molecule has 0 spiro atoms. The number of nitrogen functional groups attached to an aromatic ring is 1. The van der Waals surface area contributed by atoms with Crippen LogP contribution < -0.4 is 11.1 Å². The Balaban J connectivity index is 1.31. The van der Waals surface area contributed by atoms with Crippen LogP contribution in [0.5, 0.6) is 0 Å². The first-order chi connectivity index (χ1) is 16.0. The second kappa shape index (κ2) is 9.51. The van der Waals surface area contributed by atoms with E-state index in [9.17, 15) is 0 Å². The molecular weight excluding hydrogens is 448 g/mol. The predicted octanol–water partition coefficient (Wildman–Crippen LogP) is 5.60. The van der Waals surface area contributed by atoms with E-state index in [1.165, 1.54) is 24.2 Å². The molecule has 0 amide bonds. The fourth-order valence-corrected chi connectivity index (χ4v) is 5.73. The maximum absolute atomic E-state index is 5.80. The number of nitrogens with two attached hydrogens (primary N) is 1. The molecule has 33 heavy (non-hydrogen) atoms. The number of pyridine rings is 2. The second-order valence-corrected chi connectivity index (χ2v) is 10.7. The van der Waals surface area contributed by atoms with Crippen LogP contribution in [0.3, 0.4) is 0 Å². The smallest absolute Gasteiger partial charge is 0.180 e. The Hall–Kier alpha value is -2.94. The summed E-state index contributed by atoms with van der Waals surface area (Å²) in [4.78, 5) is 16.8. The summed E-state index contributed by atoms with van der Waals surface area (Å²) < 4.78 is 0. The highest BCUT2D eigenvalue weighted by Gasteiger charge is 2.18. The van der Waals surface area contributed by atoms with E-state index in [4.69, 9.17) is 5.73 Å². The van der Waals surface area contributed by atoms with Crippen molar-refractivity contribution in [3.05, 3.63) is 67.1 Å². The summed E-state index contributed by atoms with van der Waals surface area (Å²) in [5.74, 6) is 0.759. The quantitative estimate of drug-likeness (QED) is 0.376. The van der Waals surface area contributed by atoms with Gasteiger partial charge in [-0.2, -0.15) is 0 Å². The zero-order valence-electron chi connectivity index (χ0n) is 18.5. The maximum Gasteiger partial charge on any atom is 0.180 e. The molecular formula is C25H26N6S2. The Morgan fingerprint density at radius 3 is 2.73 bits per heavy atom. The van der Waals surface area contributed by atoms with Gasteiger partial charge in [-0.1, -0.05) is 30.0 Å². The molecule has 4 heterocycles. The predicted molar refractivity (Wildman–Crippen MR) is 141 cm³/mol. The first kappa shape index (κ1) is 21.9. The molecule has 0 bridgehead atoms. The van der Waals surface area contributed by atoms with Crippen LogP contribution in [0.1, 0.15) is 18.4 Å². The molecule has 6 nitrogen and oxygen atoms in total. The molecule has 1 aliphatic heterocycles. The van der Waals surface area contributed by atoms with Gasteiger partial charge in [-0.15, -0.1) is 11.8 Å². The minimum absolute atomic E-state index is 0.573. The first-order valence-corrected chi connectivity index (χ1v) is 12.6. The molecule has 3 aromatic heterocycles. The van der Waals surface area contributed by atoms with E-state index in [1.54, 1.807) is 0 Å². The third kappa shape index (κ3) is 5.19. The molecule has 0 saturated carbocycles. The van der Waals surface area contributed by atoms with E-state index in [0.29, 0.717) is 10.4 Å². The number of fused-ring (bicyclic) bond motifs is 1. The highest BCUT2D eigenvalue weighted by Crippen LogP contribution is 2.32. The number of aromatic nitrogens is 3. The van der Waals surface area contributed by atoms with Crippen molar-refractivity contribution in [3.63, 3.8) is 0 Å². The monoisotopic (exact) mass is 474 g/mol. The highest BCUT2D eigenvalue weighted by atomic mass is 32.2. The van der Waals surface area contributed by atoms with Gasteiger partial charge in [-0.25, -0.2) is 15.0 Å². The number of likely N-dealkylation sites (tertiary alicyclic amines) is 1. The van der Waals surface area contributed by atoms with E-state index in [1.807, 2.05) is 42.5 Å². The lowest BCUT2D eigenvalue weighted by molar-refractivity contribution is 0.282.